The van der Waals surface area contributed by atoms with Crippen LogP contribution in [0.25, 0.3) is 12.2 Å². The van der Waals surface area contributed by atoms with Crippen molar-refractivity contribution in [2.45, 2.75) is 0 Å². The number of rotatable bonds is 0. The Labute approximate surface area is 138 Å². The Hall–Kier alpha value is -3.54. The maximum atomic E-state index is 4.57. The Morgan fingerprint density at radius 1 is 0.583 bits per heavy atom. The van der Waals surface area contributed by atoms with Gasteiger partial charge in [-0.2, -0.15) is 0 Å². The molecule has 0 aromatic carbocycles. The largest absolute Gasteiger partial charge is 0.355 e. The molecule has 8 bridgehead atoms. The second-order valence-electron chi connectivity index (χ2n) is 5.70. The van der Waals surface area contributed by atoms with E-state index in [4.69, 9.17) is 0 Å². The van der Waals surface area contributed by atoms with Gasteiger partial charge in [0.1, 0.15) is 23.3 Å². The molecule has 3 aliphatic rings. The number of hydrogen-bond acceptors (Lipinski definition) is 4. The van der Waals surface area contributed by atoms with Crippen LogP contribution in [-0.2, 0) is 0 Å². The third kappa shape index (κ3) is 2.40. The van der Waals surface area contributed by atoms with Crippen molar-refractivity contribution in [2.75, 3.05) is 10.6 Å². The first kappa shape index (κ1) is 13.0. The molecule has 4 N–H and O–H groups in total. The highest BCUT2D eigenvalue weighted by Crippen LogP contribution is 2.20. The first-order valence-electron chi connectivity index (χ1n) is 7.69. The van der Waals surface area contributed by atoms with E-state index in [0.717, 1.165) is 46.1 Å². The fourth-order valence-corrected chi connectivity index (χ4v) is 2.79. The molecule has 0 radical (unpaired) electrons. The van der Waals surface area contributed by atoms with Crippen LogP contribution in [0.3, 0.4) is 0 Å². The minimum absolute atomic E-state index is 0.800. The lowest BCUT2D eigenvalue weighted by Crippen LogP contribution is -2.09. The van der Waals surface area contributed by atoms with Crippen molar-refractivity contribution >= 4 is 35.5 Å². The molecule has 3 aliphatic heterocycles. The smallest absolute Gasteiger partial charge is 0.132 e. The van der Waals surface area contributed by atoms with Gasteiger partial charge in [-0.25, -0.2) is 9.98 Å². The summed E-state index contributed by atoms with van der Waals surface area (Å²) in [6, 6.07) is 7.99. The summed E-state index contributed by atoms with van der Waals surface area (Å²) in [5.41, 5.74) is 3.81. The first-order chi connectivity index (χ1) is 11.8. The molecule has 0 aliphatic carbocycles. The molecule has 0 atom stereocenters. The van der Waals surface area contributed by atoms with Gasteiger partial charge in [0.05, 0.1) is 11.4 Å². The van der Waals surface area contributed by atoms with Gasteiger partial charge in [-0.3, -0.25) is 0 Å². The van der Waals surface area contributed by atoms with Gasteiger partial charge in [0.15, 0.2) is 0 Å². The SMILES string of the molecule is C1=CC2=NC1=Cc1ccc([nH]1)C=C1C=CC(=N1)Nc1ccc([nH]1)N2. The van der Waals surface area contributed by atoms with Gasteiger partial charge >= 0.3 is 0 Å². The zero-order chi connectivity index (χ0) is 15.9. The second kappa shape index (κ2) is 4.99. The molecule has 0 unspecified atom stereocenters. The Balaban J connectivity index is 1.60. The summed E-state index contributed by atoms with van der Waals surface area (Å²) in [4.78, 5) is 15.8. The van der Waals surface area contributed by atoms with Gasteiger partial charge in [-0.15, -0.1) is 0 Å². The molecule has 2 aromatic rings. The fourth-order valence-electron chi connectivity index (χ4n) is 2.79. The monoisotopic (exact) mass is 314 g/mol. The molecule has 2 aromatic heterocycles. The molecule has 116 valence electrons. The molecule has 5 rings (SSSR count). The summed E-state index contributed by atoms with van der Waals surface area (Å²) >= 11 is 0. The van der Waals surface area contributed by atoms with E-state index in [1.54, 1.807) is 0 Å². The summed E-state index contributed by atoms with van der Waals surface area (Å²) in [6.45, 7) is 0. The average molecular weight is 314 g/mol. The number of nitrogens with one attached hydrogen (secondary N) is 4. The van der Waals surface area contributed by atoms with Gasteiger partial charge < -0.3 is 20.6 Å². The van der Waals surface area contributed by atoms with Crippen LogP contribution in [0.4, 0.5) is 11.6 Å². The number of hydrogen-bond donors (Lipinski definition) is 4. The molecule has 24 heavy (non-hydrogen) atoms. The summed E-state index contributed by atoms with van der Waals surface area (Å²) < 4.78 is 0. The number of H-pyrrole nitrogens is 2. The molecule has 5 heterocycles. The number of fused-ring (bicyclic) bond motifs is 6. The predicted octanol–water partition coefficient (Wildman–Crippen LogP) is 3.50. The lowest BCUT2D eigenvalue weighted by atomic mass is 10.3. The molecule has 6 nitrogen and oxygen atoms in total. The van der Waals surface area contributed by atoms with Crippen LogP contribution in [-0.4, -0.2) is 21.6 Å². The van der Waals surface area contributed by atoms with Crippen molar-refractivity contribution < 1.29 is 0 Å². The normalized spacial score (nSPS) is 17.7. The van der Waals surface area contributed by atoms with E-state index in [0.29, 0.717) is 0 Å². The van der Waals surface area contributed by atoms with Crippen LogP contribution < -0.4 is 10.6 Å². The number of aromatic nitrogens is 2. The fraction of sp³-hybridized carbons (Fsp3) is 0. The van der Waals surface area contributed by atoms with Gasteiger partial charge in [-0.1, -0.05) is 0 Å². The number of nitrogens with zero attached hydrogens (tertiary/aromatic N) is 2. The highest BCUT2D eigenvalue weighted by atomic mass is 15.1. The summed E-state index contributed by atoms with van der Waals surface area (Å²) in [6.07, 6.45) is 11.9. The lowest BCUT2D eigenvalue weighted by Gasteiger charge is -2.03. The third-order valence-electron chi connectivity index (χ3n) is 3.87. The van der Waals surface area contributed by atoms with Crippen LogP contribution in [0.15, 0.2) is 69.9 Å². The molecule has 0 spiro atoms. The maximum Gasteiger partial charge on any atom is 0.132 e. The van der Waals surface area contributed by atoms with Crippen molar-refractivity contribution in [3.8, 4) is 0 Å². The third-order valence-corrected chi connectivity index (χ3v) is 3.87. The van der Waals surface area contributed by atoms with E-state index in [2.05, 4.69) is 30.6 Å². The Morgan fingerprint density at radius 2 is 1.12 bits per heavy atom. The summed E-state index contributed by atoms with van der Waals surface area (Å²) in [7, 11) is 0. The molecule has 0 saturated heterocycles. The van der Waals surface area contributed by atoms with Crippen molar-refractivity contribution in [3.63, 3.8) is 0 Å². The van der Waals surface area contributed by atoms with Crippen LogP contribution in [0.1, 0.15) is 11.4 Å². The number of aromatic amines is 2. The minimum Gasteiger partial charge on any atom is -0.355 e. The number of allylic oxidation sites excluding steroid dienone is 2. The van der Waals surface area contributed by atoms with E-state index >= 15 is 0 Å². The van der Waals surface area contributed by atoms with E-state index in [1.807, 2.05) is 60.7 Å². The zero-order valence-electron chi connectivity index (χ0n) is 12.7. The highest BCUT2D eigenvalue weighted by Gasteiger charge is 2.10. The molecule has 0 fully saturated rings. The van der Waals surface area contributed by atoms with Crippen LogP contribution in [0.5, 0.6) is 0 Å². The lowest BCUT2D eigenvalue weighted by molar-refractivity contribution is 1.32. The minimum atomic E-state index is 0.800. The summed E-state index contributed by atoms with van der Waals surface area (Å²) in [5, 5.41) is 6.53. The van der Waals surface area contributed by atoms with Crippen LogP contribution in [0.2, 0.25) is 0 Å². The number of amidine groups is 2. The van der Waals surface area contributed by atoms with Gasteiger partial charge in [-0.05, 0) is 60.7 Å². The number of anilines is 2. The Kier molecular flexibility index (Phi) is 2.69. The van der Waals surface area contributed by atoms with Crippen LogP contribution in [0, 0.1) is 0 Å². The first-order valence-corrected chi connectivity index (χ1v) is 7.69. The van der Waals surface area contributed by atoms with Crippen LogP contribution >= 0.6 is 0 Å². The molecule has 6 heteroatoms. The standard InChI is InChI=1S/C18H14N6/c1-2-12-10-14-4-6-16(21-14)23-18-8-7-17(24-18)22-15-5-3-13(20-15)9-11(1)19-12/h1-10,19H,(H3,20,21,22,23,24). The Morgan fingerprint density at radius 3 is 1.67 bits per heavy atom. The molecular formula is C18H14N6. The maximum absolute atomic E-state index is 4.57. The Bertz CT molecular complexity index is 929. The van der Waals surface area contributed by atoms with Gasteiger partial charge in [0.25, 0.3) is 0 Å². The van der Waals surface area contributed by atoms with Gasteiger partial charge in [0, 0.05) is 11.4 Å². The molecular weight excluding hydrogens is 300 g/mol. The molecule has 0 saturated carbocycles. The topological polar surface area (TPSA) is 80.4 Å². The van der Waals surface area contributed by atoms with E-state index in [-0.39, 0.29) is 0 Å². The highest BCUT2D eigenvalue weighted by molar-refractivity contribution is 6.08. The van der Waals surface area contributed by atoms with Crippen molar-refractivity contribution in [3.05, 3.63) is 71.4 Å². The molecule has 0 amide bonds. The average Bonchev–Trinajstić information content (AvgIpc) is 3.32. The summed E-state index contributed by atoms with van der Waals surface area (Å²) in [5.74, 6) is 3.34. The van der Waals surface area contributed by atoms with Gasteiger partial charge in [0.2, 0.25) is 0 Å². The van der Waals surface area contributed by atoms with Crippen molar-refractivity contribution in [1.29, 1.82) is 0 Å². The zero-order valence-corrected chi connectivity index (χ0v) is 12.7. The van der Waals surface area contributed by atoms with E-state index in [9.17, 15) is 0 Å². The predicted molar refractivity (Wildman–Crippen MR) is 97.9 cm³/mol. The quantitative estimate of drug-likeness (QED) is 0.600. The van der Waals surface area contributed by atoms with Crippen molar-refractivity contribution in [1.82, 2.24) is 9.97 Å². The van der Waals surface area contributed by atoms with Crippen molar-refractivity contribution in [2.24, 2.45) is 9.98 Å². The van der Waals surface area contributed by atoms with E-state index < -0.39 is 0 Å². The number of aliphatic imine (C=N–C) groups is 2. The van der Waals surface area contributed by atoms with E-state index in [1.165, 1.54) is 0 Å². The second-order valence-corrected chi connectivity index (χ2v) is 5.70.